The number of halogens is 2. The van der Waals surface area contributed by atoms with E-state index < -0.39 is 23.0 Å². The third-order valence-electron chi connectivity index (χ3n) is 3.04. The Morgan fingerprint density at radius 1 is 1.30 bits per heavy atom. The van der Waals surface area contributed by atoms with Crippen LogP contribution >= 0.6 is 0 Å². The van der Waals surface area contributed by atoms with Crippen LogP contribution in [0.1, 0.15) is 12.8 Å². The van der Waals surface area contributed by atoms with E-state index in [-0.39, 0.29) is 5.78 Å². The number of benzene rings is 1. The second-order valence-electron chi connectivity index (χ2n) is 4.31. The van der Waals surface area contributed by atoms with Gasteiger partial charge in [-0.05, 0) is 6.07 Å². The van der Waals surface area contributed by atoms with E-state index in [2.05, 4.69) is 4.74 Å². The first-order valence-electron chi connectivity index (χ1n) is 5.97. The third kappa shape index (κ3) is 3.19. The van der Waals surface area contributed by atoms with E-state index in [1.54, 1.807) is 0 Å². The molecule has 0 amide bonds. The van der Waals surface area contributed by atoms with Crippen molar-refractivity contribution in [3.63, 3.8) is 0 Å². The largest absolute Gasteiger partial charge is 0.427 e. The van der Waals surface area contributed by atoms with E-state index in [9.17, 15) is 23.7 Å². The number of nitro benzene ring substituents is 1. The molecule has 2 rings (SSSR count). The van der Waals surface area contributed by atoms with Crippen LogP contribution in [0.2, 0.25) is 0 Å². The Hall–Kier alpha value is -2.25. The van der Waals surface area contributed by atoms with Gasteiger partial charge < -0.3 is 9.64 Å². The number of nitrogens with zero attached hydrogens (tertiary/aromatic N) is 2. The van der Waals surface area contributed by atoms with Gasteiger partial charge in [0.05, 0.1) is 4.92 Å². The van der Waals surface area contributed by atoms with Gasteiger partial charge in [0, 0.05) is 43.8 Å². The van der Waals surface area contributed by atoms with Gasteiger partial charge >= 0.3 is 12.3 Å². The van der Waals surface area contributed by atoms with Gasteiger partial charge in [0.1, 0.15) is 5.78 Å². The zero-order valence-electron chi connectivity index (χ0n) is 10.4. The summed E-state index contributed by atoms with van der Waals surface area (Å²) in [6, 6.07) is 3.80. The topological polar surface area (TPSA) is 72.7 Å². The van der Waals surface area contributed by atoms with Crippen LogP contribution in [-0.4, -0.2) is 30.4 Å². The Balaban J connectivity index is 2.26. The van der Waals surface area contributed by atoms with Crippen molar-refractivity contribution in [1.29, 1.82) is 0 Å². The first kappa shape index (κ1) is 14.2. The zero-order valence-corrected chi connectivity index (χ0v) is 10.4. The predicted molar refractivity (Wildman–Crippen MR) is 66.2 cm³/mol. The Bertz CT molecular complexity index is 526. The van der Waals surface area contributed by atoms with Crippen LogP contribution in [0.4, 0.5) is 20.2 Å². The van der Waals surface area contributed by atoms with Crippen LogP contribution in [0.15, 0.2) is 18.2 Å². The van der Waals surface area contributed by atoms with Crippen LogP contribution in [0.3, 0.4) is 0 Å². The van der Waals surface area contributed by atoms with Crippen molar-refractivity contribution < 1.29 is 23.2 Å². The number of nitro groups is 1. The first-order valence-corrected chi connectivity index (χ1v) is 5.97. The Labute approximate surface area is 113 Å². The molecule has 0 atom stereocenters. The SMILES string of the molecule is O=C1CCN(c2ccc([N+](=O)[O-])c(OC(F)F)c2)CC1. The van der Waals surface area contributed by atoms with Gasteiger partial charge in [-0.2, -0.15) is 8.78 Å². The van der Waals surface area contributed by atoms with Gasteiger partial charge in [0.25, 0.3) is 0 Å². The molecule has 0 aromatic heterocycles. The molecule has 0 radical (unpaired) electrons. The van der Waals surface area contributed by atoms with Gasteiger partial charge in [-0.25, -0.2) is 0 Å². The zero-order chi connectivity index (χ0) is 14.7. The lowest BCUT2D eigenvalue weighted by Gasteiger charge is -2.28. The van der Waals surface area contributed by atoms with Crippen LogP contribution in [0.5, 0.6) is 5.75 Å². The van der Waals surface area contributed by atoms with E-state index in [0.29, 0.717) is 31.6 Å². The molecule has 0 unspecified atom stereocenters. The summed E-state index contributed by atoms with van der Waals surface area (Å²) in [6.07, 6.45) is 0.754. The quantitative estimate of drug-likeness (QED) is 0.627. The number of carbonyl (C=O) groups is 1. The summed E-state index contributed by atoms with van der Waals surface area (Å²) in [5.74, 6) is -0.327. The molecule has 8 heteroatoms. The molecule has 108 valence electrons. The van der Waals surface area contributed by atoms with E-state index in [4.69, 9.17) is 0 Å². The average molecular weight is 286 g/mol. The molecule has 0 bridgehead atoms. The lowest BCUT2D eigenvalue weighted by atomic mass is 10.1. The van der Waals surface area contributed by atoms with Gasteiger partial charge in [-0.1, -0.05) is 0 Å². The number of alkyl halides is 2. The van der Waals surface area contributed by atoms with Gasteiger partial charge in [0.15, 0.2) is 0 Å². The molecule has 1 fully saturated rings. The number of rotatable bonds is 4. The number of ketones is 1. The van der Waals surface area contributed by atoms with Crippen molar-refractivity contribution >= 4 is 17.2 Å². The highest BCUT2D eigenvalue weighted by Crippen LogP contribution is 2.33. The van der Waals surface area contributed by atoms with Crippen molar-refractivity contribution in [2.45, 2.75) is 19.5 Å². The second kappa shape index (κ2) is 5.81. The molecule has 1 saturated heterocycles. The highest BCUT2D eigenvalue weighted by atomic mass is 19.3. The second-order valence-corrected chi connectivity index (χ2v) is 4.31. The Morgan fingerprint density at radius 3 is 2.50 bits per heavy atom. The monoisotopic (exact) mass is 286 g/mol. The molecule has 1 aliphatic rings. The highest BCUT2D eigenvalue weighted by Gasteiger charge is 2.22. The number of piperidine rings is 1. The van der Waals surface area contributed by atoms with Crippen molar-refractivity contribution in [3.05, 3.63) is 28.3 Å². The number of anilines is 1. The molecule has 1 aromatic carbocycles. The molecular formula is C12H12F2N2O4. The summed E-state index contributed by atoms with van der Waals surface area (Å²) in [4.78, 5) is 22.9. The van der Waals surface area contributed by atoms with E-state index in [1.165, 1.54) is 12.1 Å². The minimum atomic E-state index is -3.13. The fourth-order valence-electron chi connectivity index (χ4n) is 2.06. The van der Waals surface area contributed by atoms with Crippen LogP contribution in [0.25, 0.3) is 0 Å². The Kier molecular flexibility index (Phi) is 4.11. The molecule has 0 saturated carbocycles. The number of hydrogen-bond donors (Lipinski definition) is 0. The fraction of sp³-hybridized carbons (Fsp3) is 0.417. The lowest BCUT2D eigenvalue weighted by Crippen LogP contribution is -2.33. The summed E-state index contributed by atoms with van der Waals surface area (Å²) in [5, 5.41) is 10.8. The first-order chi connectivity index (χ1) is 9.47. The van der Waals surface area contributed by atoms with Crippen molar-refractivity contribution in [2.75, 3.05) is 18.0 Å². The molecule has 20 heavy (non-hydrogen) atoms. The van der Waals surface area contributed by atoms with E-state index in [1.807, 2.05) is 4.90 Å². The molecule has 0 aliphatic carbocycles. The summed E-state index contributed by atoms with van der Waals surface area (Å²) in [6.45, 7) is -2.21. The minimum absolute atomic E-state index is 0.146. The molecule has 0 N–H and O–H groups in total. The molecule has 0 spiro atoms. The van der Waals surface area contributed by atoms with Crippen LogP contribution < -0.4 is 9.64 Å². The lowest BCUT2D eigenvalue weighted by molar-refractivity contribution is -0.386. The molecule has 1 aliphatic heterocycles. The van der Waals surface area contributed by atoms with Crippen molar-refractivity contribution in [1.82, 2.24) is 0 Å². The predicted octanol–water partition coefficient (Wildman–Crippen LogP) is 2.37. The summed E-state index contributed by atoms with van der Waals surface area (Å²) < 4.78 is 28.8. The smallest absolute Gasteiger partial charge is 0.387 e. The summed E-state index contributed by atoms with van der Waals surface area (Å²) in [5.41, 5.74) is 0.0147. The number of carbonyl (C=O) groups excluding carboxylic acids is 1. The minimum Gasteiger partial charge on any atom is -0.427 e. The van der Waals surface area contributed by atoms with Crippen molar-refractivity contribution in [3.8, 4) is 5.75 Å². The van der Waals surface area contributed by atoms with Gasteiger partial charge in [-0.15, -0.1) is 0 Å². The van der Waals surface area contributed by atoms with Gasteiger partial charge in [-0.3, -0.25) is 14.9 Å². The highest BCUT2D eigenvalue weighted by molar-refractivity contribution is 5.81. The maximum Gasteiger partial charge on any atom is 0.387 e. The molecule has 1 heterocycles. The molecule has 6 nitrogen and oxygen atoms in total. The third-order valence-corrected chi connectivity index (χ3v) is 3.04. The Morgan fingerprint density at radius 2 is 1.95 bits per heavy atom. The van der Waals surface area contributed by atoms with Crippen molar-refractivity contribution in [2.24, 2.45) is 0 Å². The average Bonchev–Trinajstić information content (AvgIpc) is 2.38. The van der Waals surface area contributed by atoms with Gasteiger partial charge in [0.2, 0.25) is 5.75 Å². The maximum atomic E-state index is 12.3. The normalized spacial score (nSPS) is 15.6. The summed E-state index contributed by atoms with van der Waals surface area (Å²) in [7, 11) is 0. The van der Waals surface area contributed by atoms with E-state index in [0.717, 1.165) is 6.07 Å². The standard InChI is InChI=1S/C12H12F2N2O4/c13-12(14)20-11-7-8(1-2-10(11)16(18)19)15-5-3-9(17)4-6-15/h1-2,7,12H,3-6H2. The summed E-state index contributed by atoms with van der Waals surface area (Å²) >= 11 is 0. The maximum absolute atomic E-state index is 12.3. The molecular weight excluding hydrogens is 274 g/mol. The van der Waals surface area contributed by atoms with Crippen LogP contribution in [-0.2, 0) is 4.79 Å². The fourth-order valence-corrected chi connectivity index (χ4v) is 2.06. The van der Waals surface area contributed by atoms with E-state index >= 15 is 0 Å². The number of ether oxygens (including phenoxy) is 1. The van der Waals surface area contributed by atoms with Crippen LogP contribution in [0, 0.1) is 10.1 Å². The number of Topliss-reactive ketones (excluding diaryl/α,β-unsaturated/α-hetero) is 1. The number of hydrogen-bond acceptors (Lipinski definition) is 5. The molecule has 1 aromatic rings.